The van der Waals surface area contributed by atoms with Gasteiger partial charge in [0.2, 0.25) is 0 Å². The number of hydrogen-bond donors (Lipinski definition) is 0. The van der Waals surface area contributed by atoms with Gasteiger partial charge in [0.05, 0.1) is 17.7 Å². The van der Waals surface area contributed by atoms with Crippen LogP contribution in [0.15, 0.2) is 60.9 Å². The molecule has 3 rings (SSSR count). The summed E-state index contributed by atoms with van der Waals surface area (Å²) in [6, 6.07) is 14.9. The highest BCUT2D eigenvalue weighted by atomic mass is 35.5. The Bertz CT molecular complexity index is 825. The molecular weight excluding hydrogens is 312 g/mol. The third-order valence-corrected chi connectivity index (χ3v) is 3.89. The number of halogens is 1. The minimum absolute atomic E-state index is 0.337. The maximum Gasteiger partial charge on any atom is 0.337 e. The molecule has 0 radical (unpaired) electrons. The molecule has 0 saturated carbocycles. The summed E-state index contributed by atoms with van der Waals surface area (Å²) in [6.45, 7) is 0.641. The Morgan fingerprint density at radius 2 is 1.91 bits per heavy atom. The van der Waals surface area contributed by atoms with Gasteiger partial charge in [0.25, 0.3) is 0 Å². The minimum atomic E-state index is -0.337. The molecule has 5 heteroatoms. The average molecular weight is 327 g/mol. The summed E-state index contributed by atoms with van der Waals surface area (Å²) in [5.41, 5.74) is 2.49. The molecule has 3 aromatic rings. The summed E-state index contributed by atoms with van der Waals surface area (Å²) < 4.78 is 6.73. The fourth-order valence-corrected chi connectivity index (χ4v) is 2.60. The fraction of sp³-hybridized carbons (Fsp3) is 0.111. The quantitative estimate of drug-likeness (QED) is 0.680. The fourth-order valence-electron chi connectivity index (χ4n) is 2.38. The lowest BCUT2D eigenvalue weighted by molar-refractivity contribution is 0.0600. The number of imidazole rings is 1. The van der Waals surface area contributed by atoms with E-state index in [-0.39, 0.29) is 5.97 Å². The van der Waals surface area contributed by atoms with Crippen molar-refractivity contribution in [2.75, 3.05) is 7.11 Å². The number of benzene rings is 2. The summed E-state index contributed by atoms with van der Waals surface area (Å²) in [5, 5.41) is 0.668. The highest BCUT2D eigenvalue weighted by Gasteiger charge is 2.10. The van der Waals surface area contributed by atoms with E-state index in [1.54, 1.807) is 18.3 Å². The standard InChI is InChI=1S/C18H15ClN2O2/c1-23-18(22)14-8-6-13(7-9-14)12-21-11-10-20-17(21)15-4-2-3-5-16(15)19/h2-11H,12H2,1H3. The van der Waals surface area contributed by atoms with Gasteiger partial charge in [-0.25, -0.2) is 9.78 Å². The number of hydrogen-bond acceptors (Lipinski definition) is 3. The van der Waals surface area contributed by atoms with Crippen molar-refractivity contribution < 1.29 is 9.53 Å². The molecule has 116 valence electrons. The van der Waals surface area contributed by atoms with Gasteiger partial charge in [-0.1, -0.05) is 35.9 Å². The predicted molar refractivity (Wildman–Crippen MR) is 89.6 cm³/mol. The Hall–Kier alpha value is -2.59. The zero-order valence-electron chi connectivity index (χ0n) is 12.6. The van der Waals surface area contributed by atoms with E-state index in [0.717, 1.165) is 17.0 Å². The molecule has 2 aromatic carbocycles. The number of methoxy groups -OCH3 is 1. The van der Waals surface area contributed by atoms with Crippen LogP contribution in [0, 0.1) is 0 Å². The van der Waals surface area contributed by atoms with Crippen LogP contribution in [-0.2, 0) is 11.3 Å². The van der Waals surface area contributed by atoms with Crippen molar-refractivity contribution in [3.8, 4) is 11.4 Å². The van der Waals surface area contributed by atoms with Gasteiger partial charge in [0, 0.05) is 24.5 Å². The van der Waals surface area contributed by atoms with Crippen molar-refractivity contribution in [2.24, 2.45) is 0 Å². The first-order chi connectivity index (χ1) is 11.2. The number of nitrogens with zero attached hydrogens (tertiary/aromatic N) is 2. The molecular formula is C18H15ClN2O2. The number of carbonyl (C=O) groups is 1. The van der Waals surface area contributed by atoms with Gasteiger partial charge in [0.15, 0.2) is 0 Å². The molecule has 0 unspecified atom stereocenters. The van der Waals surface area contributed by atoms with Gasteiger partial charge >= 0.3 is 5.97 Å². The van der Waals surface area contributed by atoms with Crippen LogP contribution in [0.3, 0.4) is 0 Å². The average Bonchev–Trinajstić information content (AvgIpc) is 3.03. The maximum atomic E-state index is 11.5. The number of ether oxygens (including phenoxy) is 1. The first-order valence-corrected chi connectivity index (χ1v) is 7.50. The molecule has 0 N–H and O–H groups in total. The van der Waals surface area contributed by atoms with Crippen molar-refractivity contribution in [1.29, 1.82) is 0 Å². The Labute approximate surface area is 139 Å². The van der Waals surface area contributed by atoms with Crippen LogP contribution in [0.5, 0.6) is 0 Å². The second kappa shape index (κ2) is 6.67. The van der Waals surface area contributed by atoms with E-state index in [1.165, 1.54) is 7.11 Å². The maximum absolute atomic E-state index is 11.5. The normalized spacial score (nSPS) is 10.5. The van der Waals surface area contributed by atoms with Crippen molar-refractivity contribution in [1.82, 2.24) is 9.55 Å². The number of aromatic nitrogens is 2. The molecule has 0 spiro atoms. The van der Waals surface area contributed by atoms with Crippen LogP contribution in [-0.4, -0.2) is 22.6 Å². The van der Waals surface area contributed by atoms with E-state index >= 15 is 0 Å². The van der Waals surface area contributed by atoms with E-state index in [4.69, 9.17) is 16.3 Å². The van der Waals surface area contributed by atoms with Gasteiger partial charge in [0.1, 0.15) is 5.82 Å². The number of esters is 1. The van der Waals surface area contributed by atoms with Crippen molar-refractivity contribution >= 4 is 17.6 Å². The molecule has 0 aliphatic heterocycles. The zero-order chi connectivity index (χ0) is 16.2. The monoisotopic (exact) mass is 326 g/mol. The zero-order valence-corrected chi connectivity index (χ0v) is 13.3. The Balaban J connectivity index is 1.86. The van der Waals surface area contributed by atoms with Crippen molar-refractivity contribution in [3.05, 3.63) is 77.1 Å². The number of rotatable bonds is 4. The summed E-state index contributed by atoms with van der Waals surface area (Å²) in [6.07, 6.45) is 3.66. The summed E-state index contributed by atoms with van der Waals surface area (Å²) in [5.74, 6) is 0.476. The Morgan fingerprint density at radius 3 is 2.61 bits per heavy atom. The molecule has 0 fully saturated rings. The molecule has 0 aliphatic carbocycles. The molecule has 4 nitrogen and oxygen atoms in total. The lowest BCUT2D eigenvalue weighted by Crippen LogP contribution is -2.04. The van der Waals surface area contributed by atoms with Crippen LogP contribution in [0.4, 0.5) is 0 Å². The second-order valence-corrected chi connectivity index (χ2v) is 5.45. The van der Waals surface area contributed by atoms with Crippen LogP contribution < -0.4 is 0 Å². The second-order valence-electron chi connectivity index (χ2n) is 5.05. The van der Waals surface area contributed by atoms with Crippen molar-refractivity contribution in [2.45, 2.75) is 6.54 Å². The largest absolute Gasteiger partial charge is 0.465 e. The molecule has 1 aromatic heterocycles. The first-order valence-electron chi connectivity index (χ1n) is 7.12. The summed E-state index contributed by atoms with van der Waals surface area (Å²) >= 11 is 6.26. The van der Waals surface area contributed by atoms with Gasteiger partial charge in [-0.05, 0) is 29.8 Å². The van der Waals surface area contributed by atoms with E-state index in [2.05, 4.69) is 4.98 Å². The topological polar surface area (TPSA) is 44.1 Å². The van der Waals surface area contributed by atoms with E-state index in [1.807, 2.05) is 47.2 Å². The Kier molecular flexibility index (Phi) is 4.44. The lowest BCUT2D eigenvalue weighted by atomic mass is 10.1. The predicted octanol–water partition coefficient (Wildman–Crippen LogP) is 4.04. The first kappa shape index (κ1) is 15.3. The van der Waals surface area contributed by atoms with Crippen molar-refractivity contribution in [3.63, 3.8) is 0 Å². The summed E-state index contributed by atoms with van der Waals surface area (Å²) in [4.78, 5) is 15.9. The van der Waals surface area contributed by atoms with Gasteiger partial charge < -0.3 is 9.30 Å². The molecule has 0 bridgehead atoms. The van der Waals surface area contributed by atoms with E-state index in [0.29, 0.717) is 17.1 Å². The SMILES string of the molecule is COC(=O)c1ccc(Cn2ccnc2-c2ccccc2Cl)cc1. The van der Waals surface area contributed by atoms with Gasteiger partial charge in [-0.2, -0.15) is 0 Å². The third kappa shape index (κ3) is 3.27. The van der Waals surface area contributed by atoms with Gasteiger partial charge in [-0.15, -0.1) is 0 Å². The van der Waals surface area contributed by atoms with Gasteiger partial charge in [-0.3, -0.25) is 0 Å². The van der Waals surface area contributed by atoms with E-state index < -0.39 is 0 Å². The smallest absolute Gasteiger partial charge is 0.337 e. The third-order valence-electron chi connectivity index (χ3n) is 3.56. The lowest BCUT2D eigenvalue weighted by Gasteiger charge is -2.10. The number of carbonyl (C=O) groups excluding carboxylic acids is 1. The molecule has 0 aliphatic rings. The highest BCUT2D eigenvalue weighted by Crippen LogP contribution is 2.26. The molecule has 23 heavy (non-hydrogen) atoms. The molecule has 1 heterocycles. The van der Waals surface area contributed by atoms with Crippen LogP contribution in [0.2, 0.25) is 5.02 Å². The molecule has 0 atom stereocenters. The van der Waals surface area contributed by atoms with E-state index in [9.17, 15) is 4.79 Å². The highest BCUT2D eigenvalue weighted by molar-refractivity contribution is 6.33. The minimum Gasteiger partial charge on any atom is -0.465 e. The Morgan fingerprint density at radius 1 is 1.17 bits per heavy atom. The molecule has 0 saturated heterocycles. The molecule has 0 amide bonds. The van der Waals surface area contributed by atoms with Crippen LogP contribution in [0.1, 0.15) is 15.9 Å². The van der Waals surface area contributed by atoms with Crippen LogP contribution in [0.25, 0.3) is 11.4 Å². The van der Waals surface area contributed by atoms with Crippen LogP contribution >= 0.6 is 11.6 Å². The summed E-state index contributed by atoms with van der Waals surface area (Å²) in [7, 11) is 1.37.